The molecule has 0 N–H and O–H groups in total. The molecular weight excluding hydrogens is 182 g/mol. The van der Waals surface area contributed by atoms with Crippen LogP contribution in [0.1, 0.15) is 0 Å². The smallest absolute Gasteiger partial charge is 0.267 e. The summed E-state index contributed by atoms with van der Waals surface area (Å²) in [4.78, 5) is 18.1. The molecule has 0 aliphatic heterocycles. The van der Waals surface area contributed by atoms with Crippen molar-refractivity contribution in [1.82, 2.24) is 9.38 Å². The summed E-state index contributed by atoms with van der Waals surface area (Å²) in [6.45, 7) is 0. The number of rotatable bonds is 1. The van der Waals surface area contributed by atoms with Gasteiger partial charge in [-0.25, -0.2) is 4.98 Å². The van der Waals surface area contributed by atoms with Crippen LogP contribution in [-0.2, 0) is 0 Å². The van der Waals surface area contributed by atoms with Crippen LogP contribution in [0.25, 0.3) is 16.1 Å². The van der Waals surface area contributed by atoms with Crippen molar-refractivity contribution in [2.24, 2.45) is 5.11 Å². The minimum absolute atomic E-state index is 0.00352. The van der Waals surface area contributed by atoms with Crippen molar-refractivity contribution in [2.45, 2.75) is 0 Å². The zero-order valence-corrected chi connectivity index (χ0v) is 7.03. The Kier molecular flexibility index (Phi) is 1.89. The molecule has 0 saturated heterocycles. The number of aromatic nitrogens is 2. The highest BCUT2D eigenvalue weighted by Crippen LogP contribution is 2.04. The SMILES string of the molecule is [N-]=[N+]=Nc1cnc2ccccn2c1=O. The highest BCUT2D eigenvalue weighted by molar-refractivity contribution is 5.43. The molecule has 2 aromatic rings. The monoisotopic (exact) mass is 187 g/mol. The Morgan fingerprint density at radius 3 is 3.14 bits per heavy atom. The first-order valence-corrected chi connectivity index (χ1v) is 3.84. The fourth-order valence-electron chi connectivity index (χ4n) is 1.13. The zero-order chi connectivity index (χ0) is 9.97. The summed E-state index contributed by atoms with van der Waals surface area (Å²) in [5.41, 5.74) is 8.35. The van der Waals surface area contributed by atoms with Gasteiger partial charge in [0.25, 0.3) is 5.56 Å². The van der Waals surface area contributed by atoms with Crippen molar-refractivity contribution in [2.75, 3.05) is 0 Å². The van der Waals surface area contributed by atoms with Crippen LogP contribution in [0.2, 0.25) is 0 Å². The number of hydrogen-bond acceptors (Lipinski definition) is 3. The van der Waals surface area contributed by atoms with Crippen LogP contribution in [0, 0.1) is 0 Å². The van der Waals surface area contributed by atoms with E-state index in [0.29, 0.717) is 5.65 Å². The number of nitrogens with zero attached hydrogens (tertiary/aromatic N) is 5. The zero-order valence-electron chi connectivity index (χ0n) is 7.03. The van der Waals surface area contributed by atoms with Gasteiger partial charge in [0, 0.05) is 17.3 Å². The molecule has 14 heavy (non-hydrogen) atoms. The lowest BCUT2D eigenvalue weighted by Crippen LogP contribution is -2.13. The van der Waals surface area contributed by atoms with Crippen molar-refractivity contribution in [3.63, 3.8) is 0 Å². The summed E-state index contributed by atoms with van der Waals surface area (Å²) in [6, 6.07) is 5.17. The van der Waals surface area contributed by atoms with Crippen LogP contribution in [0.4, 0.5) is 5.69 Å². The highest BCUT2D eigenvalue weighted by Gasteiger charge is 2.00. The lowest BCUT2D eigenvalue weighted by atomic mass is 10.4. The molecule has 0 bridgehead atoms. The molecule has 0 aliphatic carbocycles. The minimum Gasteiger partial charge on any atom is -0.268 e. The second-order valence-corrected chi connectivity index (χ2v) is 2.57. The van der Waals surface area contributed by atoms with Gasteiger partial charge in [-0.05, 0) is 17.7 Å². The maximum absolute atomic E-state index is 11.6. The van der Waals surface area contributed by atoms with Gasteiger partial charge in [0.05, 0.1) is 0 Å². The normalized spacial score (nSPS) is 9.71. The van der Waals surface area contributed by atoms with E-state index in [1.54, 1.807) is 24.4 Å². The molecule has 6 heteroatoms. The molecule has 2 aromatic heterocycles. The maximum atomic E-state index is 11.6. The van der Waals surface area contributed by atoms with Gasteiger partial charge >= 0.3 is 0 Å². The van der Waals surface area contributed by atoms with E-state index in [0.717, 1.165) is 0 Å². The quantitative estimate of drug-likeness (QED) is 0.386. The van der Waals surface area contributed by atoms with Gasteiger partial charge in [-0.3, -0.25) is 9.20 Å². The number of fused-ring (bicyclic) bond motifs is 1. The van der Waals surface area contributed by atoms with Crippen LogP contribution in [0.3, 0.4) is 0 Å². The summed E-state index contributed by atoms with van der Waals surface area (Å²) in [7, 11) is 0. The fourth-order valence-corrected chi connectivity index (χ4v) is 1.13. The minimum atomic E-state index is -0.367. The third kappa shape index (κ3) is 1.19. The van der Waals surface area contributed by atoms with Gasteiger partial charge < -0.3 is 0 Å². The van der Waals surface area contributed by atoms with Crippen LogP contribution in [0.5, 0.6) is 0 Å². The Morgan fingerprint density at radius 1 is 1.50 bits per heavy atom. The standard InChI is InChI=1S/C8H5N5O/c9-12-11-6-5-10-7-3-1-2-4-13(7)8(6)14/h1-5H. The Hall–Kier alpha value is -2.33. The Balaban J connectivity index is 2.88. The number of azide groups is 1. The predicted octanol–water partition coefficient (Wildman–Crippen LogP) is 1.64. The molecule has 0 fully saturated rings. The second kappa shape index (κ2) is 3.20. The van der Waals surface area contributed by atoms with Crippen LogP contribution >= 0.6 is 0 Å². The number of hydrogen-bond donors (Lipinski definition) is 0. The summed E-state index contributed by atoms with van der Waals surface area (Å²) in [6.07, 6.45) is 2.83. The summed E-state index contributed by atoms with van der Waals surface area (Å²) >= 11 is 0. The molecule has 0 saturated carbocycles. The van der Waals surface area contributed by atoms with E-state index in [9.17, 15) is 4.79 Å². The molecule has 0 atom stereocenters. The molecule has 0 aromatic carbocycles. The van der Waals surface area contributed by atoms with Crippen LogP contribution in [0.15, 0.2) is 40.5 Å². The average Bonchev–Trinajstić information content (AvgIpc) is 2.23. The first-order valence-electron chi connectivity index (χ1n) is 3.84. The van der Waals surface area contributed by atoms with Crippen LogP contribution < -0.4 is 5.56 Å². The summed E-state index contributed by atoms with van der Waals surface area (Å²) < 4.78 is 1.32. The van der Waals surface area contributed by atoms with Crippen LogP contribution in [-0.4, -0.2) is 9.38 Å². The third-order valence-corrected chi connectivity index (χ3v) is 1.75. The van der Waals surface area contributed by atoms with Gasteiger partial charge in [-0.1, -0.05) is 11.2 Å². The van der Waals surface area contributed by atoms with E-state index in [4.69, 9.17) is 5.53 Å². The van der Waals surface area contributed by atoms with E-state index >= 15 is 0 Å². The van der Waals surface area contributed by atoms with Gasteiger partial charge in [0.1, 0.15) is 11.3 Å². The topological polar surface area (TPSA) is 83.1 Å². The third-order valence-electron chi connectivity index (χ3n) is 1.75. The van der Waals surface area contributed by atoms with E-state index in [1.807, 2.05) is 0 Å². The maximum Gasteiger partial charge on any atom is 0.267 e. The van der Waals surface area contributed by atoms with Gasteiger partial charge in [0.2, 0.25) is 0 Å². The van der Waals surface area contributed by atoms with Gasteiger partial charge in [-0.15, -0.1) is 0 Å². The first kappa shape index (κ1) is 8.28. The lowest BCUT2D eigenvalue weighted by Gasteiger charge is -1.98. The van der Waals surface area contributed by atoms with E-state index < -0.39 is 0 Å². The summed E-state index contributed by atoms with van der Waals surface area (Å²) in [5, 5.41) is 3.24. The molecule has 2 heterocycles. The van der Waals surface area contributed by atoms with E-state index in [-0.39, 0.29) is 11.2 Å². The Morgan fingerprint density at radius 2 is 2.36 bits per heavy atom. The Labute approximate surface area is 78.1 Å². The molecule has 0 unspecified atom stereocenters. The molecular formula is C8H5N5O. The molecule has 2 rings (SSSR count). The Bertz CT molecular complexity index is 582. The van der Waals surface area contributed by atoms with Crippen molar-refractivity contribution in [1.29, 1.82) is 0 Å². The average molecular weight is 187 g/mol. The molecule has 0 aliphatic rings. The van der Waals surface area contributed by atoms with Crippen molar-refractivity contribution < 1.29 is 0 Å². The van der Waals surface area contributed by atoms with Crippen molar-refractivity contribution >= 4 is 11.3 Å². The van der Waals surface area contributed by atoms with E-state index in [2.05, 4.69) is 15.0 Å². The highest BCUT2D eigenvalue weighted by atomic mass is 16.1. The second-order valence-electron chi connectivity index (χ2n) is 2.57. The van der Waals surface area contributed by atoms with Gasteiger partial charge in [0.15, 0.2) is 0 Å². The first-order chi connectivity index (χ1) is 6.83. The number of pyridine rings is 1. The molecule has 0 spiro atoms. The fraction of sp³-hybridized carbons (Fsp3) is 0. The molecule has 68 valence electrons. The molecule has 6 nitrogen and oxygen atoms in total. The molecule has 0 radical (unpaired) electrons. The van der Waals surface area contributed by atoms with Crippen molar-refractivity contribution in [3.05, 3.63) is 51.4 Å². The van der Waals surface area contributed by atoms with E-state index in [1.165, 1.54) is 10.6 Å². The summed E-state index contributed by atoms with van der Waals surface area (Å²) in [5.74, 6) is 0. The molecule has 0 amide bonds. The largest absolute Gasteiger partial charge is 0.268 e. The predicted molar refractivity (Wildman–Crippen MR) is 50.3 cm³/mol. The lowest BCUT2D eigenvalue weighted by molar-refractivity contribution is 1.04. The van der Waals surface area contributed by atoms with Crippen molar-refractivity contribution in [3.8, 4) is 0 Å². The van der Waals surface area contributed by atoms with Gasteiger partial charge in [-0.2, -0.15) is 0 Å².